The van der Waals surface area contributed by atoms with E-state index < -0.39 is 0 Å². The molecule has 0 fully saturated rings. The van der Waals surface area contributed by atoms with Crippen molar-refractivity contribution >= 4 is 57.2 Å². The number of anilines is 6. The van der Waals surface area contributed by atoms with Crippen molar-refractivity contribution in [1.29, 1.82) is 0 Å². The van der Waals surface area contributed by atoms with Gasteiger partial charge in [-0.05, 0) is 181 Å². The monoisotopic (exact) mass is 1420 g/mol. The molecule has 13 aromatic rings. The van der Waals surface area contributed by atoms with Gasteiger partial charge in [0.1, 0.15) is 0 Å². The standard InChI is InChI=1S/C103H106BN5/c1-97(2,3)74-51-72(52-75(57-74)98(4,5)6)70-47-49-85-87(55-70)108(92-81(65-37-27-22-28-38-65)59-78(101(13,14)15)60-82(92)66-39-29-23-30-40-66)89-63-80(103(19,20)21)64-90-91(89)104(85)86-50-48-71(73-53-76(99(7,8)9)58-77(54-73)100(10,11)12)56-88(86)109(90)93-83(67-41-31-24-32-42-67)61-79(102(16,17)18)62-84(93)96-106-94(68-43-33-25-34-44-68)105-95(107-96)69-45-35-26-36-46-69/h22-64H,1-21H3. The number of nitrogens with zero attached hydrogens (tertiary/aromatic N) is 5. The van der Waals surface area contributed by atoms with Gasteiger partial charge in [0, 0.05) is 56.1 Å². The van der Waals surface area contributed by atoms with E-state index in [0.717, 1.165) is 95.3 Å². The maximum atomic E-state index is 5.77. The van der Waals surface area contributed by atoms with Gasteiger partial charge < -0.3 is 9.80 Å². The Labute approximate surface area is 650 Å². The van der Waals surface area contributed by atoms with Crippen LogP contribution >= 0.6 is 0 Å². The fourth-order valence-electron chi connectivity index (χ4n) is 15.8. The van der Waals surface area contributed by atoms with E-state index in [-0.39, 0.29) is 44.6 Å². The number of hydrogen-bond donors (Lipinski definition) is 0. The van der Waals surface area contributed by atoms with Gasteiger partial charge in [0.2, 0.25) is 0 Å². The minimum absolute atomic E-state index is 0.108. The Morgan fingerprint density at radius 2 is 0.468 bits per heavy atom. The summed E-state index contributed by atoms with van der Waals surface area (Å²) >= 11 is 0. The minimum Gasteiger partial charge on any atom is -0.310 e. The highest BCUT2D eigenvalue weighted by molar-refractivity contribution is 7.00. The Kier molecular flexibility index (Phi) is 18.4. The summed E-state index contributed by atoms with van der Waals surface area (Å²) in [7, 11) is 0. The summed E-state index contributed by atoms with van der Waals surface area (Å²) in [6, 6.07) is 99.2. The van der Waals surface area contributed by atoms with E-state index in [1.807, 2.05) is 0 Å². The molecule has 1 aromatic heterocycles. The number of fused-ring (bicyclic) bond motifs is 4. The molecule has 2 aliphatic heterocycles. The summed E-state index contributed by atoms with van der Waals surface area (Å²) in [4.78, 5) is 22.3. The van der Waals surface area contributed by atoms with Gasteiger partial charge in [-0.2, -0.15) is 0 Å². The third kappa shape index (κ3) is 14.2. The topological polar surface area (TPSA) is 45.2 Å². The molecule has 0 saturated carbocycles. The molecule has 12 aromatic carbocycles. The molecule has 5 nitrogen and oxygen atoms in total. The van der Waals surface area contributed by atoms with E-state index in [9.17, 15) is 0 Å². The quantitative estimate of drug-likeness (QED) is 0.128. The first-order valence-corrected chi connectivity index (χ1v) is 39.3. The zero-order valence-electron chi connectivity index (χ0n) is 68.1. The Balaban J connectivity index is 1.16. The molecule has 3 heterocycles. The van der Waals surface area contributed by atoms with Crippen LogP contribution in [-0.4, -0.2) is 21.7 Å². The molecule has 2 aliphatic rings. The fourth-order valence-corrected chi connectivity index (χ4v) is 15.8. The summed E-state index contributed by atoms with van der Waals surface area (Å²) in [5, 5.41) is 0. The Hall–Kier alpha value is -10.7. The van der Waals surface area contributed by atoms with Crippen LogP contribution in [0.4, 0.5) is 34.1 Å². The molecule has 15 rings (SSSR count). The third-order valence-corrected chi connectivity index (χ3v) is 22.5. The van der Waals surface area contributed by atoms with E-state index in [4.69, 9.17) is 15.0 Å². The van der Waals surface area contributed by atoms with Crippen molar-refractivity contribution in [3.63, 3.8) is 0 Å². The molecule has 0 amide bonds. The van der Waals surface area contributed by atoms with Gasteiger partial charge in [-0.25, -0.2) is 15.0 Å². The average molecular weight is 1420 g/mol. The Bertz CT molecular complexity index is 5450. The van der Waals surface area contributed by atoms with Crippen LogP contribution in [-0.2, 0) is 37.9 Å². The number of rotatable bonds is 10. The molecule has 546 valence electrons. The van der Waals surface area contributed by atoms with Crippen LogP contribution in [0.25, 0.3) is 89.8 Å². The van der Waals surface area contributed by atoms with Crippen molar-refractivity contribution in [3.05, 3.63) is 300 Å². The maximum absolute atomic E-state index is 5.77. The van der Waals surface area contributed by atoms with Gasteiger partial charge >= 0.3 is 0 Å². The van der Waals surface area contributed by atoms with Crippen LogP contribution in [0.15, 0.2) is 261 Å². The Morgan fingerprint density at radius 3 is 0.771 bits per heavy atom. The predicted molar refractivity (Wildman–Crippen MR) is 468 cm³/mol. The zero-order valence-corrected chi connectivity index (χ0v) is 68.1. The average Bonchev–Trinajstić information content (AvgIpc) is 0.685. The molecule has 0 aliphatic carbocycles. The van der Waals surface area contributed by atoms with Crippen LogP contribution in [0.3, 0.4) is 0 Å². The van der Waals surface area contributed by atoms with Crippen molar-refractivity contribution in [2.75, 3.05) is 9.80 Å². The predicted octanol–water partition coefficient (Wildman–Crippen LogP) is 26.4. The molecule has 109 heavy (non-hydrogen) atoms. The zero-order chi connectivity index (χ0) is 77.2. The molecule has 0 unspecified atom stereocenters. The first kappa shape index (κ1) is 73.8. The summed E-state index contributed by atoms with van der Waals surface area (Å²) in [5.74, 6) is 1.79. The molecular weight excluding hydrogens is 1320 g/mol. The van der Waals surface area contributed by atoms with Gasteiger partial charge in [0.15, 0.2) is 17.5 Å². The molecule has 0 spiro atoms. The number of hydrogen-bond acceptors (Lipinski definition) is 5. The summed E-state index contributed by atoms with van der Waals surface area (Å²) in [5.41, 5.74) is 31.9. The van der Waals surface area contributed by atoms with Crippen molar-refractivity contribution in [3.8, 4) is 89.8 Å². The SMILES string of the molecule is CC(C)(C)c1cc(-c2ccc3c(c2)N(c2c(-c4ccccc4)cc(C(C)(C)C)cc2-c2ccccc2)c2cc(C(C)(C)C)cc4c2B3c2ccc(-c3cc(C(C)(C)C)cc(C(C)(C)C)c3)cc2N4c2c(-c3ccccc3)cc(C(C)(C)C)cc2-c2nc(-c3ccccc3)nc(-c3ccccc3)n2)cc(C(C)(C)C)c1. The van der Waals surface area contributed by atoms with E-state index in [2.05, 4.69) is 416 Å². The van der Waals surface area contributed by atoms with Gasteiger partial charge in [0.05, 0.1) is 11.4 Å². The van der Waals surface area contributed by atoms with Crippen molar-refractivity contribution in [2.24, 2.45) is 0 Å². The molecule has 0 bridgehead atoms. The molecule has 6 heteroatoms. The lowest BCUT2D eigenvalue weighted by Gasteiger charge is -2.46. The highest BCUT2D eigenvalue weighted by Gasteiger charge is 2.47. The van der Waals surface area contributed by atoms with Gasteiger partial charge in [-0.15, -0.1) is 0 Å². The second-order valence-electron chi connectivity index (χ2n) is 37.9. The highest BCUT2D eigenvalue weighted by Crippen LogP contribution is 2.56. The summed E-state index contributed by atoms with van der Waals surface area (Å²) < 4.78 is 0. The molecule has 0 atom stereocenters. The first-order valence-electron chi connectivity index (χ1n) is 39.3. The number of aromatic nitrogens is 3. The molecular formula is C103H106BN5. The van der Waals surface area contributed by atoms with Crippen LogP contribution < -0.4 is 26.2 Å². The normalized spacial score (nSPS) is 13.3. The molecule has 0 radical (unpaired) electrons. The Morgan fingerprint density at radius 1 is 0.211 bits per heavy atom. The molecule has 0 N–H and O–H groups in total. The van der Waals surface area contributed by atoms with E-state index >= 15 is 0 Å². The second kappa shape index (κ2) is 27.2. The first-order chi connectivity index (χ1) is 51.4. The van der Waals surface area contributed by atoms with E-state index in [1.54, 1.807) is 0 Å². The maximum Gasteiger partial charge on any atom is 0.252 e. The van der Waals surface area contributed by atoms with E-state index in [0.29, 0.717) is 17.5 Å². The van der Waals surface area contributed by atoms with Crippen molar-refractivity contribution in [1.82, 2.24) is 15.0 Å². The lowest BCUT2D eigenvalue weighted by Crippen LogP contribution is -2.61. The lowest BCUT2D eigenvalue weighted by atomic mass is 9.33. The smallest absolute Gasteiger partial charge is 0.252 e. The lowest BCUT2D eigenvalue weighted by molar-refractivity contribution is 0.568. The van der Waals surface area contributed by atoms with Gasteiger partial charge in [0.25, 0.3) is 6.71 Å². The van der Waals surface area contributed by atoms with Crippen molar-refractivity contribution < 1.29 is 0 Å². The molecule has 0 saturated heterocycles. The second-order valence-corrected chi connectivity index (χ2v) is 37.9. The number of benzene rings is 12. The van der Waals surface area contributed by atoms with Crippen LogP contribution in [0.1, 0.15) is 184 Å². The summed E-state index contributed by atoms with van der Waals surface area (Å²) in [6.07, 6.45) is 0. The van der Waals surface area contributed by atoms with E-state index in [1.165, 1.54) is 66.5 Å². The van der Waals surface area contributed by atoms with Crippen LogP contribution in [0.2, 0.25) is 0 Å². The summed E-state index contributed by atoms with van der Waals surface area (Å²) in [6.45, 7) is 49.2. The third-order valence-electron chi connectivity index (χ3n) is 22.5. The van der Waals surface area contributed by atoms with Gasteiger partial charge in [-0.3, -0.25) is 0 Å². The largest absolute Gasteiger partial charge is 0.310 e. The van der Waals surface area contributed by atoms with Crippen LogP contribution in [0, 0.1) is 0 Å². The fraction of sp³-hybridized carbons (Fsp3) is 0.272. The highest BCUT2D eigenvalue weighted by atomic mass is 15.2. The van der Waals surface area contributed by atoms with Gasteiger partial charge in [-0.1, -0.05) is 358 Å². The van der Waals surface area contributed by atoms with Crippen molar-refractivity contribution in [2.45, 2.75) is 183 Å². The van der Waals surface area contributed by atoms with Crippen LogP contribution in [0.5, 0.6) is 0 Å². The minimum atomic E-state index is -0.374.